The van der Waals surface area contributed by atoms with Crippen molar-refractivity contribution in [2.24, 2.45) is 5.92 Å². The van der Waals surface area contributed by atoms with Crippen molar-refractivity contribution in [1.82, 2.24) is 4.57 Å². The van der Waals surface area contributed by atoms with Gasteiger partial charge in [0.05, 0.1) is 12.2 Å². The maximum absolute atomic E-state index is 12.5. The first-order valence-corrected chi connectivity index (χ1v) is 11.8. The molecule has 0 unspecified atom stereocenters. The number of thiophene rings is 1. The van der Waals surface area contributed by atoms with Crippen LogP contribution in [0.4, 0.5) is 5.00 Å². The van der Waals surface area contributed by atoms with Gasteiger partial charge in [-0.2, -0.15) is 5.26 Å². The minimum atomic E-state index is -0.893. The van der Waals surface area contributed by atoms with Gasteiger partial charge in [-0.15, -0.1) is 11.3 Å². The number of esters is 2. The van der Waals surface area contributed by atoms with E-state index in [4.69, 9.17) is 9.47 Å². The van der Waals surface area contributed by atoms with Crippen LogP contribution in [0.1, 0.15) is 58.5 Å². The molecule has 0 spiro atoms. The topological polar surface area (TPSA) is 110 Å². The van der Waals surface area contributed by atoms with Crippen LogP contribution < -0.4 is 5.32 Å². The summed E-state index contributed by atoms with van der Waals surface area (Å²) in [4.78, 5) is 38.0. The van der Waals surface area contributed by atoms with Crippen molar-refractivity contribution in [3.05, 3.63) is 44.6 Å². The van der Waals surface area contributed by atoms with Crippen LogP contribution in [0.2, 0.25) is 0 Å². The van der Waals surface area contributed by atoms with E-state index in [1.807, 2.05) is 32.9 Å². The molecule has 0 aromatic carbocycles. The summed E-state index contributed by atoms with van der Waals surface area (Å²) in [6, 6.07) is 3.77. The highest BCUT2D eigenvalue weighted by molar-refractivity contribution is 7.16. The summed E-state index contributed by atoms with van der Waals surface area (Å²) in [5.41, 5.74) is 3.53. The summed E-state index contributed by atoms with van der Waals surface area (Å²) in [6.45, 7) is 13.9. The molecule has 0 saturated carbocycles. The summed E-state index contributed by atoms with van der Waals surface area (Å²) in [5, 5.41) is 12.4. The number of hydrogen-bond donors (Lipinski definition) is 1. The van der Waals surface area contributed by atoms with E-state index < -0.39 is 24.5 Å². The third-order valence-corrected chi connectivity index (χ3v) is 6.38. The van der Waals surface area contributed by atoms with Crippen molar-refractivity contribution < 1.29 is 23.9 Å². The van der Waals surface area contributed by atoms with Crippen LogP contribution in [0.15, 0.2) is 11.6 Å². The second-order valence-electron chi connectivity index (χ2n) is 8.33. The first kappa shape index (κ1) is 26.9. The molecule has 182 valence electrons. The van der Waals surface area contributed by atoms with Crippen LogP contribution in [-0.2, 0) is 25.6 Å². The molecule has 0 aliphatic rings. The van der Waals surface area contributed by atoms with E-state index in [0.717, 1.165) is 33.9 Å². The number of nitrogens with zero attached hydrogens (tertiary/aromatic N) is 2. The molecular formula is C25H31N3O5S. The number of aryl methyl sites for hydroxylation is 2. The van der Waals surface area contributed by atoms with Gasteiger partial charge in [0.15, 0.2) is 6.61 Å². The summed E-state index contributed by atoms with van der Waals surface area (Å²) in [6.07, 6.45) is 1.48. The Morgan fingerprint density at radius 3 is 2.47 bits per heavy atom. The van der Waals surface area contributed by atoms with Crippen LogP contribution in [-0.4, -0.2) is 35.6 Å². The summed E-state index contributed by atoms with van der Waals surface area (Å²) in [5.74, 6) is -1.59. The number of ether oxygens (including phenoxy) is 2. The van der Waals surface area contributed by atoms with Crippen molar-refractivity contribution in [3.63, 3.8) is 0 Å². The van der Waals surface area contributed by atoms with E-state index in [1.54, 1.807) is 13.8 Å². The van der Waals surface area contributed by atoms with E-state index >= 15 is 0 Å². The number of aromatic nitrogens is 1. The molecule has 8 nitrogen and oxygen atoms in total. The zero-order valence-electron chi connectivity index (χ0n) is 20.7. The van der Waals surface area contributed by atoms with Crippen LogP contribution >= 0.6 is 11.3 Å². The lowest BCUT2D eigenvalue weighted by Gasteiger charge is -2.12. The van der Waals surface area contributed by atoms with Crippen molar-refractivity contribution in [1.29, 1.82) is 5.26 Å². The minimum Gasteiger partial charge on any atom is -0.462 e. The van der Waals surface area contributed by atoms with Crippen LogP contribution in [0, 0.1) is 44.9 Å². The Labute approximate surface area is 204 Å². The van der Waals surface area contributed by atoms with E-state index in [9.17, 15) is 19.6 Å². The molecule has 0 atom stereocenters. The average Bonchev–Trinajstić information content (AvgIpc) is 3.19. The highest BCUT2D eigenvalue weighted by Crippen LogP contribution is 2.33. The molecule has 2 aromatic heterocycles. The quantitative estimate of drug-likeness (QED) is 0.313. The zero-order valence-corrected chi connectivity index (χ0v) is 21.5. The number of nitrogens with one attached hydrogen (secondary N) is 1. The predicted molar refractivity (Wildman–Crippen MR) is 132 cm³/mol. The van der Waals surface area contributed by atoms with Gasteiger partial charge >= 0.3 is 11.9 Å². The maximum Gasteiger partial charge on any atom is 0.349 e. The molecule has 0 saturated heterocycles. The standard InChI is InChI=1S/C25H31N3O5S/c1-8-32-25(31)22-16(5)18(7)34-23(22)27-21(29)13-33-24(30)20(11-26)10-19-9-15(4)28(17(19)6)12-14(2)3/h9-10,14H,8,12-13H2,1-7H3,(H,27,29). The fourth-order valence-electron chi connectivity index (χ4n) is 3.45. The lowest BCUT2D eigenvalue weighted by Crippen LogP contribution is -2.22. The van der Waals surface area contributed by atoms with E-state index in [0.29, 0.717) is 16.5 Å². The maximum atomic E-state index is 12.5. The fraction of sp³-hybridized carbons (Fsp3) is 0.440. The first-order valence-electron chi connectivity index (χ1n) is 11.0. The smallest absolute Gasteiger partial charge is 0.349 e. The van der Waals surface area contributed by atoms with Crippen LogP contribution in [0.25, 0.3) is 6.08 Å². The van der Waals surface area contributed by atoms with Crippen molar-refractivity contribution in [3.8, 4) is 6.07 Å². The average molecular weight is 486 g/mol. The highest BCUT2D eigenvalue weighted by Gasteiger charge is 2.23. The van der Waals surface area contributed by atoms with Gasteiger partial charge in [-0.25, -0.2) is 9.59 Å². The molecule has 0 aliphatic heterocycles. The van der Waals surface area contributed by atoms with Gasteiger partial charge in [-0.05, 0) is 63.8 Å². The molecular weight excluding hydrogens is 454 g/mol. The Morgan fingerprint density at radius 2 is 1.88 bits per heavy atom. The number of anilines is 1. The van der Waals surface area contributed by atoms with Crippen LogP contribution in [0.3, 0.4) is 0 Å². The number of carbonyl (C=O) groups excluding carboxylic acids is 3. The highest BCUT2D eigenvalue weighted by atomic mass is 32.1. The van der Waals surface area contributed by atoms with Gasteiger partial charge in [0.1, 0.15) is 16.6 Å². The van der Waals surface area contributed by atoms with Gasteiger partial charge < -0.3 is 19.4 Å². The molecule has 9 heteroatoms. The zero-order chi connectivity index (χ0) is 25.6. The largest absolute Gasteiger partial charge is 0.462 e. The lowest BCUT2D eigenvalue weighted by molar-refractivity contribution is -0.142. The monoisotopic (exact) mass is 485 g/mol. The summed E-state index contributed by atoms with van der Waals surface area (Å²) in [7, 11) is 0. The SMILES string of the molecule is CCOC(=O)c1c(NC(=O)COC(=O)C(C#N)=Cc2cc(C)n(CC(C)C)c2C)sc(C)c1C. The molecule has 2 heterocycles. The number of nitriles is 1. The first-order chi connectivity index (χ1) is 16.0. The Hall–Kier alpha value is -3.38. The Bertz CT molecular complexity index is 1160. The molecule has 0 bridgehead atoms. The van der Waals surface area contributed by atoms with E-state index in [1.165, 1.54) is 17.4 Å². The molecule has 34 heavy (non-hydrogen) atoms. The van der Waals surface area contributed by atoms with Gasteiger partial charge in [0.25, 0.3) is 5.91 Å². The van der Waals surface area contributed by atoms with Gasteiger partial charge in [0, 0.05) is 22.8 Å². The van der Waals surface area contributed by atoms with Crippen molar-refractivity contribution in [2.75, 3.05) is 18.5 Å². The lowest BCUT2D eigenvalue weighted by atomic mass is 10.1. The van der Waals surface area contributed by atoms with Gasteiger partial charge in [-0.1, -0.05) is 13.8 Å². The molecule has 1 N–H and O–H groups in total. The third kappa shape index (κ3) is 6.35. The molecule has 0 fully saturated rings. The molecule has 0 radical (unpaired) electrons. The van der Waals surface area contributed by atoms with Gasteiger partial charge in [0.2, 0.25) is 0 Å². The molecule has 0 aliphatic carbocycles. The fourth-order valence-corrected chi connectivity index (χ4v) is 4.51. The second-order valence-corrected chi connectivity index (χ2v) is 9.56. The predicted octanol–water partition coefficient (Wildman–Crippen LogP) is 4.70. The number of carbonyl (C=O) groups is 3. The Morgan fingerprint density at radius 1 is 1.21 bits per heavy atom. The Balaban J connectivity index is 2.11. The summed E-state index contributed by atoms with van der Waals surface area (Å²) >= 11 is 1.24. The van der Waals surface area contributed by atoms with E-state index in [2.05, 4.69) is 23.7 Å². The molecule has 1 amide bonds. The number of amides is 1. The van der Waals surface area contributed by atoms with Crippen molar-refractivity contribution in [2.45, 2.75) is 55.0 Å². The molecule has 2 rings (SSSR count). The number of hydrogen-bond acceptors (Lipinski definition) is 7. The van der Waals surface area contributed by atoms with Crippen LogP contribution in [0.5, 0.6) is 0 Å². The van der Waals surface area contributed by atoms with Crippen molar-refractivity contribution >= 4 is 40.3 Å². The van der Waals surface area contributed by atoms with Gasteiger partial charge in [-0.3, -0.25) is 4.79 Å². The normalized spacial score (nSPS) is 11.3. The molecule has 2 aromatic rings. The summed E-state index contributed by atoms with van der Waals surface area (Å²) < 4.78 is 12.3. The number of rotatable bonds is 9. The minimum absolute atomic E-state index is 0.201. The second kappa shape index (κ2) is 11.7. The Kier molecular flexibility index (Phi) is 9.21. The van der Waals surface area contributed by atoms with E-state index in [-0.39, 0.29) is 12.2 Å². The third-order valence-electron chi connectivity index (χ3n) is 5.25.